The Balaban J connectivity index is 2.59. The summed E-state index contributed by atoms with van der Waals surface area (Å²) in [4.78, 5) is 11.3. The maximum Gasteiger partial charge on any atom is 0.340 e. The molecule has 0 saturated carbocycles. The van der Waals surface area contributed by atoms with Gasteiger partial charge in [0.15, 0.2) is 5.60 Å². The van der Waals surface area contributed by atoms with Gasteiger partial charge in [0, 0.05) is 7.11 Å². The van der Waals surface area contributed by atoms with Crippen molar-refractivity contribution in [3.05, 3.63) is 48.0 Å². The zero-order chi connectivity index (χ0) is 12.5. The summed E-state index contributed by atoms with van der Waals surface area (Å²) in [5.41, 5.74) is -0.657. The summed E-state index contributed by atoms with van der Waals surface area (Å²) >= 11 is 0. The molecule has 1 atom stereocenters. The summed E-state index contributed by atoms with van der Waals surface area (Å²) in [7, 11) is 1.41. The lowest BCUT2D eigenvalue weighted by Crippen LogP contribution is -2.34. The Morgan fingerprint density at radius 1 is 1.18 bits per heavy atom. The maximum absolute atomic E-state index is 11.3. The van der Waals surface area contributed by atoms with Gasteiger partial charge in [0.1, 0.15) is 0 Å². The SMILES string of the molecule is CO[C@@](C)(C(=O)O)c1ccc2ccccc2c1. The molecule has 0 fully saturated rings. The molecule has 3 nitrogen and oxygen atoms in total. The second-order valence-electron chi connectivity index (χ2n) is 4.10. The Morgan fingerprint density at radius 3 is 2.41 bits per heavy atom. The van der Waals surface area contributed by atoms with Crippen LogP contribution in [0.2, 0.25) is 0 Å². The molecule has 0 aromatic heterocycles. The van der Waals surface area contributed by atoms with Crippen molar-refractivity contribution in [1.82, 2.24) is 0 Å². The Hall–Kier alpha value is -1.87. The molecule has 0 radical (unpaired) electrons. The van der Waals surface area contributed by atoms with Crippen molar-refractivity contribution in [2.75, 3.05) is 7.11 Å². The van der Waals surface area contributed by atoms with Gasteiger partial charge in [-0.25, -0.2) is 4.79 Å². The van der Waals surface area contributed by atoms with E-state index in [2.05, 4.69) is 0 Å². The predicted octanol–water partition coefficient (Wildman–Crippen LogP) is 2.79. The lowest BCUT2D eigenvalue weighted by atomic mass is 9.93. The highest BCUT2D eigenvalue weighted by Crippen LogP contribution is 2.28. The van der Waals surface area contributed by atoms with Gasteiger partial charge in [-0.1, -0.05) is 36.4 Å². The molecule has 0 heterocycles. The number of hydrogen-bond donors (Lipinski definition) is 1. The zero-order valence-corrected chi connectivity index (χ0v) is 9.81. The van der Waals surface area contributed by atoms with Gasteiger partial charge in [-0.3, -0.25) is 0 Å². The van der Waals surface area contributed by atoms with Crippen molar-refractivity contribution >= 4 is 16.7 Å². The van der Waals surface area contributed by atoms with Crippen molar-refractivity contribution in [2.45, 2.75) is 12.5 Å². The number of carboxylic acids is 1. The van der Waals surface area contributed by atoms with Crippen LogP contribution < -0.4 is 0 Å². The van der Waals surface area contributed by atoms with Crippen molar-refractivity contribution in [3.8, 4) is 0 Å². The summed E-state index contributed by atoms with van der Waals surface area (Å²) in [5.74, 6) is -0.990. The first-order chi connectivity index (χ1) is 8.08. The third-order valence-electron chi connectivity index (χ3n) is 3.12. The third-order valence-corrected chi connectivity index (χ3v) is 3.12. The average Bonchev–Trinajstić information content (AvgIpc) is 2.37. The fourth-order valence-electron chi connectivity index (χ4n) is 1.81. The number of hydrogen-bond acceptors (Lipinski definition) is 2. The lowest BCUT2D eigenvalue weighted by Gasteiger charge is -2.23. The van der Waals surface area contributed by atoms with Gasteiger partial charge >= 0.3 is 5.97 Å². The largest absolute Gasteiger partial charge is 0.479 e. The van der Waals surface area contributed by atoms with Crippen LogP contribution in [0.3, 0.4) is 0 Å². The number of carbonyl (C=O) groups is 1. The lowest BCUT2D eigenvalue weighted by molar-refractivity contribution is -0.161. The summed E-state index contributed by atoms with van der Waals surface area (Å²) < 4.78 is 5.13. The molecular weight excluding hydrogens is 216 g/mol. The fraction of sp³-hybridized carbons (Fsp3) is 0.214. The highest BCUT2D eigenvalue weighted by Gasteiger charge is 2.35. The third kappa shape index (κ3) is 1.89. The Morgan fingerprint density at radius 2 is 1.82 bits per heavy atom. The fourth-order valence-corrected chi connectivity index (χ4v) is 1.81. The van der Waals surface area contributed by atoms with E-state index in [1.165, 1.54) is 7.11 Å². The van der Waals surface area contributed by atoms with E-state index in [1.54, 1.807) is 13.0 Å². The van der Waals surface area contributed by atoms with Crippen molar-refractivity contribution in [3.63, 3.8) is 0 Å². The van der Waals surface area contributed by atoms with Gasteiger partial charge in [0.05, 0.1) is 0 Å². The molecular formula is C14H14O3. The van der Waals surface area contributed by atoms with E-state index in [0.29, 0.717) is 5.56 Å². The first-order valence-electron chi connectivity index (χ1n) is 5.36. The Labute approximate surface area is 99.6 Å². The van der Waals surface area contributed by atoms with Crippen LogP contribution in [0.15, 0.2) is 42.5 Å². The Bertz CT molecular complexity index is 562. The first-order valence-corrected chi connectivity index (χ1v) is 5.36. The van der Waals surface area contributed by atoms with E-state index >= 15 is 0 Å². The van der Waals surface area contributed by atoms with E-state index < -0.39 is 11.6 Å². The molecule has 0 spiro atoms. The molecule has 2 aromatic carbocycles. The minimum Gasteiger partial charge on any atom is -0.479 e. The topological polar surface area (TPSA) is 46.5 Å². The zero-order valence-electron chi connectivity index (χ0n) is 9.81. The summed E-state index contributed by atoms with van der Waals surface area (Å²) in [5, 5.41) is 11.3. The number of aliphatic carboxylic acids is 1. The second-order valence-corrected chi connectivity index (χ2v) is 4.10. The monoisotopic (exact) mass is 230 g/mol. The molecule has 2 aromatic rings. The number of rotatable bonds is 3. The molecule has 0 bridgehead atoms. The molecule has 3 heteroatoms. The number of fused-ring (bicyclic) bond motifs is 1. The van der Waals surface area contributed by atoms with E-state index in [9.17, 15) is 9.90 Å². The van der Waals surface area contributed by atoms with Crippen LogP contribution in [0.4, 0.5) is 0 Å². The highest BCUT2D eigenvalue weighted by molar-refractivity contribution is 5.86. The van der Waals surface area contributed by atoms with Gasteiger partial charge in [-0.2, -0.15) is 0 Å². The summed E-state index contributed by atoms with van der Waals surface area (Å²) in [6, 6.07) is 13.4. The number of carboxylic acid groups (broad SMARTS) is 1. The van der Waals surface area contributed by atoms with E-state index in [4.69, 9.17) is 4.74 Å². The Kier molecular flexibility index (Phi) is 2.86. The minimum absolute atomic E-state index is 0.645. The summed E-state index contributed by atoms with van der Waals surface area (Å²) in [6.07, 6.45) is 0. The molecule has 0 saturated heterocycles. The second kappa shape index (κ2) is 4.18. The van der Waals surface area contributed by atoms with Crippen molar-refractivity contribution < 1.29 is 14.6 Å². The van der Waals surface area contributed by atoms with Crippen LogP contribution in [-0.2, 0) is 15.1 Å². The van der Waals surface area contributed by atoms with Crippen molar-refractivity contribution in [2.24, 2.45) is 0 Å². The van der Waals surface area contributed by atoms with E-state index in [-0.39, 0.29) is 0 Å². The van der Waals surface area contributed by atoms with Crippen molar-refractivity contribution in [1.29, 1.82) is 0 Å². The molecule has 1 N–H and O–H groups in total. The van der Waals surface area contributed by atoms with Gasteiger partial charge in [-0.15, -0.1) is 0 Å². The predicted molar refractivity (Wildman–Crippen MR) is 65.9 cm³/mol. The van der Waals surface area contributed by atoms with Gasteiger partial charge < -0.3 is 9.84 Å². The highest BCUT2D eigenvalue weighted by atomic mass is 16.5. The molecule has 0 amide bonds. The molecule has 0 aliphatic heterocycles. The van der Waals surface area contributed by atoms with Crippen LogP contribution in [0.5, 0.6) is 0 Å². The average molecular weight is 230 g/mol. The van der Waals surface area contributed by atoms with E-state index in [1.807, 2.05) is 36.4 Å². The molecule has 17 heavy (non-hydrogen) atoms. The maximum atomic E-state index is 11.3. The molecule has 88 valence electrons. The van der Waals surface area contributed by atoms with Gasteiger partial charge in [0.25, 0.3) is 0 Å². The molecule has 0 aliphatic rings. The number of methoxy groups -OCH3 is 1. The van der Waals surface area contributed by atoms with Gasteiger partial charge in [-0.05, 0) is 29.3 Å². The van der Waals surface area contributed by atoms with Crippen LogP contribution in [0, 0.1) is 0 Å². The van der Waals surface area contributed by atoms with Gasteiger partial charge in [0.2, 0.25) is 0 Å². The first kappa shape index (κ1) is 11.6. The number of benzene rings is 2. The number of ether oxygens (including phenoxy) is 1. The van der Waals surface area contributed by atoms with Crippen LogP contribution in [0.25, 0.3) is 10.8 Å². The molecule has 2 rings (SSSR count). The normalized spacial score (nSPS) is 14.5. The summed E-state index contributed by atoms with van der Waals surface area (Å²) in [6.45, 7) is 1.56. The van der Waals surface area contributed by atoms with Crippen LogP contribution in [-0.4, -0.2) is 18.2 Å². The molecule has 0 unspecified atom stereocenters. The standard InChI is InChI=1S/C14H14O3/c1-14(17-2,13(15)16)12-8-7-10-5-3-4-6-11(10)9-12/h3-9H,1-2H3,(H,15,16)/t14-/m1/s1. The van der Waals surface area contributed by atoms with Crippen LogP contribution in [0.1, 0.15) is 12.5 Å². The minimum atomic E-state index is -1.30. The molecule has 0 aliphatic carbocycles. The van der Waals surface area contributed by atoms with E-state index in [0.717, 1.165) is 10.8 Å². The smallest absolute Gasteiger partial charge is 0.340 e. The quantitative estimate of drug-likeness (QED) is 0.881. The van der Waals surface area contributed by atoms with Crippen LogP contribution >= 0.6 is 0 Å².